The first-order valence-corrected chi connectivity index (χ1v) is 13.1. The highest BCUT2D eigenvalue weighted by molar-refractivity contribution is 5.93. The molecule has 1 amide bonds. The van der Waals surface area contributed by atoms with Gasteiger partial charge in [-0.3, -0.25) is 4.79 Å². The highest BCUT2D eigenvalue weighted by Crippen LogP contribution is 2.41. The van der Waals surface area contributed by atoms with Crippen molar-refractivity contribution in [2.45, 2.75) is 91.8 Å². The molecular weight excluding hydrogens is 456 g/mol. The second-order valence-corrected chi connectivity index (χ2v) is 10.7. The zero-order valence-electron chi connectivity index (χ0n) is 23.1. The van der Waals surface area contributed by atoms with Crippen LogP contribution in [-0.2, 0) is 12.0 Å². The van der Waals surface area contributed by atoms with Crippen LogP contribution in [-0.4, -0.2) is 57.8 Å². The Kier molecular flexibility index (Phi) is 10.6. The van der Waals surface area contributed by atoms with Crippen molar-refractivity contribution >= 4 is 5.91 Å². The maximum Gasteiger partial charge on any atom is 0.268 e. The van der Waals surface area contributed by atoms with Crippen molar-refractivity contribution in [2.24, 2.45) is 5.41 Å². The van der Waals surface area contributed by atoms with Gasteiger partial charge in [0.25, 0.3) is 5.91 Å². The average molecular weight is 503 g/mol. The highest BCUT2D eigenvalue weighted by atomic mass is 16.5. The summed E-state index contributed by atoms with van der Waals surface area (Å²) in [5.41, 5.74) is 3.22. The summed E-state index contributed by atoms with van der Waals surface area (Å²) in [6.07, 6.45) is 1.43. The van der Waals surface area contributed by atoms with Gasteiger partial charge in [-0.05, 0) is 67.9 Å². The summed E-state index contributed by atoms with van der Waals surface area (Å²) in [6.45, 7) is 14.9. The second kappa shape index (κ2) is 12.7. The predicted molar refractivity (Wildman–Crippen MR) is 144 cm³/mol. The maximum atomic E-state index is 13.1. The minimum absolute atomic E-state index is 0.103. The molecule has 2 aromatic rings. The molecule has 0 fully saturated rings. The minimum atomic E-state index is -0.567. The molecule has 7 heteroatoms. The Bertz CT molecular complexity index is 988. The Hall–Kier alpha value is -2.35. The van der Waals surface area contributed by atoms with Gasteiger partial charge in [-0.1, -0.05) is 46.8 Å². The molecule has 0 saturated carbocycles. The molecule has 0 aliphatic carbocycles. The van der Waals surface area contributed by atoms with Crippen LogP contribution in [0.5, 0.6) is 5.75 Å². The summed E-state index contributed by atoms with van der Waals surface area (Å²) in [5.74, 6) is 0.502. The van der Waals surface area contributed by atoms with E-state index in [1.165, 1.54) is 0 Å². The van der Waals surface area contributed by atoms with Gasteiger partial charge in [0.15, 0.2) is 0 Å². The largest absolute Gasteiger partial charge is 0.491 e. The zero-order chi connectivity index (χ0) is 27.1. The number of ether oxygens (including phenoxy) is 1. The van der Waals surface area contributed by atoms with E-state index in [1.807, 2.05) is 52.8 Å². The summed E-state index contributed by atoms with van der Waals surface area (Å²) in [4.78, 5) is 13.1. The fourth-order valence-electron chi connectivity index (χ4n) is 4.74. The molecule has 0 aliphatic heterocycles. The molecule has 202 valence electrons. The van der Waals surface area contributed by atoms with Crippen LogP contribution in [0.1, 0.15) is 88.1 Å². The van der Waals surface area contributed by atoms with Crippen LogP contribution < -0.4 is 10.1 Å². The normalized spacial score (nSPS) is 13.9. The van der Waals surface area contributed by atoms with E-state index in [9.17, 15) is 20.1 Å². The van der Waals surface area contributed by atoms with E-state index < -0.39 is 12.1 Å². The van der Waals surface area contributed by atoms with Gasteiger partial charge in [0.05, 0.1) is 18.8 Å². The van der Waals surface area contributed by atoms with E-state index in [0.29, 0.717) is 18.7 Å². The Morgan fingerprint density at radius 3 is 2.25 bits per heavy atom. The van der Waals surface area contributed by atoms with Crippen molar-refractivity contribution in [3.63, 3.8) is 0 Å². The fourth-order valence-corrected chi connectivity index (χ4v) is 4.74. The molecular formula is C29H46N2O5. The number of nitrogens with zero attached hydrogens (tertiary/aromatic N) is 1. The minimum Gasteiger partial charge on any atom is -0.491 e. The Morgan fingerprint density at radius 1 is 1.08 bits per heavy atom. The number of hydrogen-bond acceptors (Lipinski definition) is 5. The number of hydrogen-bond donors (Lipinski definition) is 4. The zero-order valence-corrected chi connectivity index (χ0v) is 23.1. The Morgan fingerprint density at radius 2 is 1.75 bits per heavy atom. The van der Waals surface area contributed by atoms with E-state index in [4.69, 9.17) is 4.74 Å². The lowest BCUT2D eigenvalue weighted by Gasteiger charge is -2.35. The van der Waals surface area contributed by atoms with Gasteiger partial charge >= 0.3 is 0 Å². The number of aliphatic hydroxyl groups is 3. The van der Waals surface area contributed by atoms with E-state index in [1.54, 1.807) is 0 Å². The van der Waals surface area contributed by atoms with Crippen molar-refractivity contribution in [2.75, 3.05) is 19.8 Å². The van der Waals surface area contributed by atoms with E-state index in [-0.39, 0.29) is 36.6 Å². The summed E-state index contributed by atoms with van der Waals surface area (Å²) >= 11 is 0. The van der Waals surface area contributed by atoms with Crippen LogP contribution in [0.15, 0.2) is 30.3 Å². The monoisotopic (exact) mass is 502 g/mol. The van der Waals surface area contributed by atoms with Crippen molar-refractivity contribution in [1.29, 1.82) is 0 Å². The number of benzene rings is 1. The molecule has 0 radical (unpaired) electrons. The van der Waals surface area contributed by atoms with Gasteiger partial charge < -0.3 is 29.9 Å². The first-order valence-electron chi connectivity index (χ1n) is 13.1. The summed E-state index contributed by atoms with van der Waals surface area (Å²) in [7, 11) is 0. The topological polar surface area (TPSA) is 104 Å². The lowest BCUT2D eigenvalue weighted by atomic mass is 9.72. The summed E-state index contributed by atoms with van der Waals surface area (Å²) < 4.78 is 8.02. The maximum absolute atomic E-state index is 13.1. The number of carbonyl (C=O) groups is 1. The van der Waals surface area contributed by atoms with Gasteiger partial charge in [0.1, 0.15) is 18.1 Å². The molecule has 0 aliphatic rings. The molecule has 0 saturated heterocycles. The first kappa shape index (κ1) is 29.9. The molecule has 1 aromatic carbocycles. The van der Waals surface area contributed by atoms with Gasteiger partial charge in [0.2, 0.25) is 0 Å². The van der Waals surface area contributed by atoms with Gasteiger partial charge in [0, 0.05) is 24.3 Å². The molecule has 0 bridgehead atoms. The average Bonchev–Trinajstić information content (AvgIpc) is 3.28. The quantitative estimate of drug-likeness (QED) is 0.329. The van der Waals surface area contributed by atoms with Gasteiger partial charge in [-0.25, -0.2) is 0 Å². The number of amides is 1. The Labute approximate surface area is 216 Å². The third-order valence-electron chi connectivity index (χ3n) is 7.38. The number of nitrogens with one attached hydrogen (secondary N) is 1. The molecule has 1 unspecified atom stereocenters. The van der Waals surface area contributed by atoms with Crippen LogP contribution in [0.4, 0.5) is 0 Å². The van der Waals surface area contributed by atoms with E-state index >= 15 is 0 Å². The molecule has 0 spiro atoms. The van der Waals surface area contributed by atoms with Crippen LogP contribution in [0, 0.1) is 12.3 Å². The molecule has 36 heavy (non-hydrogen) atoms. The van der Waals surface area contributed by atoms with Crippen molar-refractivity contribution < 1.29 is 24.9 Å². The van der Waals surface area contributed by atoms with Crippen LogP contribution in [0.3, 0.4) is 0 Å². The molecule has 2 atom stereocenters. The van der Waals surface area contributed by atoms with Gasteiger partial charge in [-0.2, -0.15) is 0 Å². The van der Waals surface area contributed by atoms with Crippen LogP contribution >= 0.6 is 0 Å². The summed E-state index contributed by atoms with van der Waals surface area (Å²) in [5, 5.41) is 31.9. The van der Waals surface area contributed by atoms with E-state index in [0.717, 1.165) is 35.4 Å². The lowest BCUT2D eigenvalue weighted by molar-refractivity contribution is 0.0216. The number of aromatic nitrogens is 1. The predicted octanol–water partition coefficient (Wildman–Crippen LogP) is 4.18. The standard InChI is InChI=1S/C29H46N2O5/c1-8-29(9-2,21-11-13-24(20(4)17-21)36-19-26(34)28(5,6)7)25-14-12-23(31(25)10-3)27(35)30-22(18-33)15-16-32/h11-14,17,22,26,32-34H,8-10,15-16,18-19H2,1-7H3,(H,30,35)/t22-,26?/m0/s1. The Balaban J connectivity index is 2.42. The van der Waals surface area contributed by atoms with Gasteiger partial charge in [-0.15, -0.1) is 0 Å². The number of aryl methyl sites for hydroxylation is 1. The highest BCUT2D eigenvalue weighted by Gasteiger charge is 2.35. The molecule has 4 N–H and O–H groups in total. The van der Waals surface area contributed by atoms with Crippen LogP contribution in [0.2, 0.25) is 0 Å². The molecule has 1 heterocycles. The number of rotatable bonds is 13. The van der Waals surface area contributed by atoms with Crippen molar-refractivity contribution in [3.8, 4) is 5.75 Å². The summed E-state index contributed by atoms with van der Waals surface area (Å²) in [6, 6.07) is 9.62. The van der Waals surface area contributed by atoms with E-state index in [2.05, 4.69) is 35.9 Å². The number of carbonyl (C=O) groups excluding carboxylic acids is 1. The smallest absolute Gasteiger partial charge is 0.268 e. The first-order chi connectivity index (χ1) is 17.0. The number of aliphatic hydroxyl groups excluding tert-OH is 3. The van der Waals surface area contributed by atoms with Crippen molar-refractivity contribution in [3.05, 3.63) is 52.8 Å². The lowest BCUT2D eigenvalue weighted by Crippen LogP contribution is -2.39. The molecule has 2 rings (SSSR count). The third-order valence-corrected chi connectivity index (χ3v) is 7.38. The second-order valence-electron chi connectivity index (χ2n) is 10.7. The SMILES string of the molecule is CCn1c(C(=O)N[C@H](CO)CCO)ccc1C(CC)(CC)c1ccc(OCC(O)C(C)(C)C)c(C)c1. The fraction of sp³-hybridized carbons (Fsp3) is 0.621. The van der Waals surface area contributed by atoms with Crippen molar-refractivity contribution in [1.82, 2.24) is 9.88 Å². The molecule has 1 aromatic heterocycles. The molecule has 7 nitrogen and oxygen atoms in total. The third kappa shape index (κ3) is 6.50. The van der Waals surface area contributed by atoms with Crippen LogP contribution in [0.25, 0.3) is 0 Å².